The number of aryl methyl sites for hydroxylation is 1. The zero-order chi connectivity index (χ0) is 13.8. The van der Waals surface area contributed by atoms with E-state index in [2.05, 4.69) is 15.5 Å². The maximum absolute atomic E-state index is 10.8. The second-order valence-electron chi connectivity index (χ2n) is 4.10. The molecule has 6 nitrogen and oxygen atoms in total. The molecule has 2 aromatic rings. The van der Waals surface area contributed by atoms with Crippen molar-refractivity contribution in [1.29, 1.82) is 0 Å². The van der Waals surface area contributed by atoms with Crippen LogP contribution in [-0.2, 0) is 6.54 Å². The monoisotopic (exact) mass is 278 g/mol. The van der Waals surface area contributed by atoms with Crippen LogP contribution < -0.4 is 5.32 Å². The van der Waals surface area contributed by atoms with Gasteiger partial charge in [0.15, 0.2) is 0 Å². The van der Waals surface area contributed by atoms with Crippen molar-refractivity contribution in [3.63, 3.8) is 0 Å². The summed E-state index contributed by atoms with van der Waals surface area (Å²) in [7, 11) is 0. The zero-order valence-electron chi connectivity index (χ0n) is 10.7. The Morgan fingerprint density at radius 1 is 1.37 bits per heavy atom. The third-order valence-corrected chi connectivity index (χ3v) is 3.49. The van der Waals surface area contributed by atoms with Crippen molar-refractivity contribution in [3.8, 4) is 10.6 Å². The molecule has 0 aliphatic heterocycles. The number of aromatic nitrogens is 2. The molecule has 19 heavy (non-hydrogen) atoms. The summed E-state index contributed by atoms with van der Waals surface area (Å²) in [6, 6.07) is 4.96. The molecule has 0 aliphatic rings. The van der Waals surface area contributed by atoms with Crippen molar-refractivity contribution in [1.82, 2.24) is 15.5 Å². The highest BCUT2D eigenvalue weighted by Crippen LogP contribution is 2.28. The molecule has 0 radical (unpaired) electrons. The van der Waals surface area contributed by atoms with Gasteiger partial charge in [-0.1, -0.05) is 18.3 Å². The molecule has 1 aromatic carbocycles. The van der Waals surface area contributed by atoms with E-state index in [0.717, 1.165) is 22.7 Å². The van der Waals surface area contributed by atoms with E-state index < -0.39 is 4.92 Å². The number of nitrogens with zero attached hydrogens (tertiary/aromatic N) is 3. The van der Waals surface area contributed by atoms with Crippen molar-refractivity contribution in [3.05, 3.63) is 38.9 Å². The van der Waals surface area contributed by atoms with Gasteiger partial charge in [0.05, 0.1) is 4.92 Å². The summed E-state index contributed by atoms with van der Waals surface area (Å²) in [4.78, 5) is 10.5. The van der Waals surface area contributed by atoms with Crippen LogP contribution in [0.2, 0.25) is 0 Å². The SMILES string of the molecule is CCNCc1nnc(-c2cc(C)cc([N+](=O)[O-])c2)s1. The fourth-order valence-electron chi connectivity index (χ4n) is 1.67. The minimum atomic E-state index is -0.392. The highest BCUT2D eigenvalue weighted by molar-refractivity contribution is 7.14. The van der Waals surface area contributed by atoms with Crippen LogP contribution in [0.5, 0.6) is 0 Å². The maximum atomic E-state index is 10.8. The zero-order valence-corrected chi connectivity index (χ0v) is 11.5. The molecule has 0 unspecified atom stereocenters. The second-order valence-corrected chi connectivity index (χ2v) is 5.16. The van der Waals surface area contributed by atoms with Gasteiger partial charge in [-0.05, 0) is 25.1 Å². The van der Waals surface area contributed by atoms with E-state index in [9.17, 15) is 10.1 Å². The van der Waals surface area contributed by atoms with Gasteiger partial charge in [0, 0.05) is 24.2 Å². The van der Waals surface area contributed by atoms with Gasteiger partial charge in [0.1, 0.15) is 10.0 Å². The Balaban J connectivity index is 2.30. The largest absolute Gasteiger partial charge is 0.311 e. The van der Waals surface area contributed by atoms with E-state index in [1.807, 2.05) is 19.9 Å². The Bertz CT molecular complexity index is 597. The van der Waals surface area contributed by atoms with Crippen molar-refractivity contribution >= 4 is 17.0 Å². The van der Waals surface area contributed by atoms with Gasteiger partial charge in [0.2, 0.25) is 0 Å². The molecule has 2 rings (SSSR count). The van der Waals surface area contributed by atoms with Crippen LogP contribution in [0.4, 0.5) is 5.69 Å². The first-order valence-corrected chi connectivity index (χ1v) is 6.71. The third kappa shape index (κ3) is 3.33. The fraction of sp³-hybridized carbons (Fsp3) is 0.333. The number of non-ortho nitro benzene ring substituents is 1. The molecule has 0 saturated heterocycles. The minimum Gasteiger partial charge on any atom is -0.311 e. The van der Waals surface area contributed by atoms with Crippen LogP contribution in [-0.4, -0.2) is 21.7 Å². The van der Waals surface area contributed by atoms with Gasteiger partial charge < -0.3 is 5.32 Å². The molecule has 0 fully saturated rings. The highest BCUT2D eigenvalue weighted by Gasteiger charge is 2.12. The number of benzene rings is 1. The predicted octanol–water partition coefficient (Wildman–Crippen LogP) is 2.53. The lowest BCUT2D eigenvalue weighted by molar-refractivity contribution is -0.384. The van der Waals surface area contributed by atoms with Gasteiger partial charge in [-0.2, -0.15) is 0 Å². The van der Waals surface area contributed by atoms with Gasteiger partial charge in [-0.25, -0.2) is 0 Å². The molecule has 1 aromatic heterocycles. The first-order valence-electron chi connectivity index (χ1n) is 5.89. The summed E-state index contributed by atoms with van der Waals surface area (Å²) < 4.78 is 0. The first kappa shape index (κ1) is 13.6. The molecule has 7 heteroatoms. The maximum Gasteiger partial charge on any atom is 0.270 e. The number of rotatable bonds is 5. The van der Waals surface area contributed by atoms with Crippen LogP contribution in [0.25, 0.3) is 10.6 Å². The van der Waals surface area contributed by atoms with Gasteiger partial charge >= 0.3 is 0 Å². The molecule has 1 N–H and O–H groups in total. The Kier molecular flexibility index (Phi) is 4.18. The first-order chi connectivity index (χ1) is 9.10. The third-order valence-electron chi connectivity index (χ3n) is 2.51. The van der Waals surface area contributed by atoms with E-state index in [1.165, 1.54) is 17.4 Å². The predicted molar refractivity (Wildman–Crippen MR) is 74.1 cm³/mol. The molecule has 1 heterocycles. The van der Waals surface area contributed by atoms with Gasteiger partial charge in [-0.15, -0.1) is 10.2 Å². The Labute approximate surface area is 114 Å². The molecule has 0 spiro atoms. The van der Waals surface area contributed by atoms with Crippen molar-refractivity contribution in [2.75, 3.05) is 6.54 Å². The summed E-state index contributed by atoms with van der Waals surface area (Å²) in [6.45, 7) is 5.38. The summed E-state index contributed by atoms with van der Waals surface area (Å²) in [5.41, 5.74) is 1.66. The van der Waals surface area contributed by atoms with Crippen molar-refractivity contribution < 1.29 is 4.92 Å². The smallest absolute Gasteiger partial charge is 0.270 e. The summed E-state index contributed by atoms with van der Waals surface area (Å²) in [6.07, 6.45) is 0. The molecular weight excluding hydrogens is 264 g/mol. The molecular formula is C12H14N4O2S. The van der Waals surface area contributed by atoms with E-state index in [-0.39, 0.29) is 5.69 Å². The normalized spacial score (nSPS) is 10.6. The Morgan fingerprint density at radius 2 is 2.16 bits per heavy atom. The van der Waals surface area contributed by atoms with Crippen LogP contribution in [0.1, 0.15) is 17.5 Å². The lowest BCUT2D eigenvalue weighted by Gasteiger charge is -1.99. The van der Waals surface area contributed by atoms with E-state index >= 15 is 0 Å². The quantitative estimate of drug-likeness (QED) is 0.671. The standard InChI is InChI=1S/C12H14N4O2S/c1-3-13-7-11-14-15-12(19-11)9-4-8(2)5-10(6-9)16(17)18/h4-6,13H,3,7H2,1-2H3. The minimum absolute atomic E-state index is 0.0819. The van der Waals surface area contributed by atoms with Crippen molar-refractivity contribution in [2.45, 2.75) is 20.4 Å². The van der Waals surface area contributed by atoms with Crippen LogP contribution in [0.3, 0.4) is 0 Å². The molecule has 100 valence electrons. The van der Waals surface area contributed by atoms with E-state index in [4.69, 9.17) is 0 Å². The fourth-order valence-corrected chi connectivity index (χ4v) is 2.46. The average molecular weight is 278 g/mol. The highest BCUT2D eigenvalue weighted by atomic mass is 32.1. The number of hydrogen-bond acceptors (Lipinski definition) is 6. The number of nitro benzene ring substituents is 1. The summed E-state index contributed by atoms with van der Waals surface area (Å²) >= 11 is 1.45. The van der Waals surface area contributed by atoms with Crippen LogP contribution in [0, 0.1) is 17.0 Å². The van der Waals surface area contributed by atoms with Gasteiger partial charge in [0.25, 0.3) is 5.69 Å². The van der Waals surface area contributed by atoms with Gasteiger partial charge in [-0.3, -0.25) is 10.1 Å². The molecule has 0 atom stereocenters. The van der Waals surface area contributed by atoms with E-state index in [1.54, 1.807) is 6.07 Å². The number of nitrogens with one attached hydrogen (secondary N) is 1. The second kappa shape index (κ2) is 5.85. The van der Waals surface area contributed by atoms with Crippen molar-refractivity contribution in [2.24, 2.45) is 0 Å². The topological polar surface area (TPSA) is 81.0 Å². The molecule has 0 saturated carbocycles. The Morgan fingerprint density at radius 3 is 2.84 bits per heavy atom. The van der Waals surface area contributed by atoms with E-state index in [0.29, 0.717) is 11.6 Å². The average Bonchev–Trinajstić information content (AvgIpc) is 2.84. The van der Waals surface area contributed by atoms with Crippen LogP contribution in [0.15, 0.2) is 18.2 Å². The molecule has 0 bridgehead atoms. The number of hydrogen-bond donors (Lipinski definition) is 1. The summed E-state index contributed by atoms with van der Waals surface area (Å²) in [5.74, 6) is 0. The lowest BCUT2D eigenvalue weighted by atomic mass is 10.1. The Hall–Kier alpha value is -1.86. The lowest BCUT2D eigenvalue weighted by Crippen LogP contribution is -2.11. The molecule has 0 aliphatic carbocycles. The van der Waals surface area contributed by atoms with Crippen LogP contribution >= 0.6 is 11.3 Å². The summed E-state index contributed by atoms with van der Waals surface area (Å²) in [5, 5.41) is 23.8. The number of nitro groups is 1. The molecule has 0 amide bonds.